The van der Waals surface area contributed by atoms with Crippen LogP contribution in [0.15, 0.2) is 0 Å². The number of carbonyl (C=O) groups excluding carboxylic acids is 3. The van der Waals surface area contributed by atoms with E-state index < -0.39 is 23.9 Å². The Morgan fingerprint density at radius 2 is 1.53 bits per heavy atom. The average molecular weight is 243 g/mol. The third kappa shape index (κ3) is 2.37. The number of nitrogens with zero attached hydrogens (tertiary/aromatic N) is 2. The van der Waals surface area contributed by atoms with Crippen LogP contribution in [0.1, 0.15) is 6.42 Å². The van der Waals surface area contributed by atoms with E-state index in [0.717, 1.165) is 0 Å². The summed E-state index contributed by atoms with van der Waals surface area (Å²) in [6, 6.07) is 0. The van der Waals surface area contributed by atoms with E-state index in [-0.39, 0.29) is 19.0 Å². The topological polar surface area (TPSA) is 83.7 Å². The number of nitrogens with two attached hydrogens (primary N) is 1. The van der Waals surface area contributed by atoms with Crippen LogP contribution < -0.4 is 5.73 Å². The zero-order valence-corrected chi connectivity index (χ0v) is 9.26. The first-order valence-corrected chi connectivity index (χ1v) is 5.52. The van der Waals surface area contributed by atoms with Crippen LogP contribution in [0.2, 0.25) is 0 Å². The van der Waals surface area contributed by atoms with Gasteiger partial charge in [-0.15, -0.1) is 0 Å². The lowest BCUT2D eigenvalue weighted by molar-refractivity contribution is -0.147. The quantitative estimate of drug-likeness (QED) is 0.569. The van der Waals surface area contributed by atoms with Crippen molar-refractivity contribution < 1.29 is 18.8 Å². The summed E-state index contributed by atoms with van der Waals surface area (Å²) in [6.07, 6.45) is -0.702. The van der Waals surface area contributed by atoms with Gasteiger partial charge in [0.15, 0.2) is 0 Å². The van der Waals surface area contributed by atoms with Gasteiger partial charge in [-0.05, 0) is 6.42 Å². The summed E-state index contributed by atoms with van der Waals surface area (Å²) in [5.41, 5.74) is 4.88. The molecule has 0 aromatic heterocycles. The van der Waals surface area contributed by atoms with Crippen LogP contribution in [0, 0.1) is 5.92 Å². The molecule has 2 aliphatic rings. The number of halogens is 1. The largest absolute Gasteiger partial charge is 0.361 e. The van der Waals surface area contributed by atoms with E-state index in [1.807, 2.05) is 0 Å². The number of alkyl halides is 1. The maximum atomic E-state index is 12.7. The molecular weight excluding hydrogens is 229 g/mol. The summed E-state index contributed by atoms with van der Waals surface area (Å²) in [5, 5.41) is 0. The van der Waals surface area contributed by atoms with Gasteiger partial charge in [-0.2, -0.15) is 0 Å². The SMILES string of the molecule is NC(=O)C(=O)N1CCN(C(=O)[C@H]2C[C@@H]2F)CC1. The zero-order chi connectivity index (χ0) is 12.6. The Morgan fingerprint density at radius 1 is 1.06 bits per heavy atom. The van der Waals surface area contributed by atoms with Gasteiger partial charge in [-0.3, -0.25) is 14.4 Å². The molecule has 0 aromatic carbocycles. The molecule has 0 radical (unpaired) electrons. The second-order valence-electron chi connectivity index (χ2n) is 4.34. The van der Waals surface area contributed by atoms with Crippen LogP contribution in [0.3, 0.4) is 0 Å². The zero-order valence-electron chi connectivity index (χ0n) is 9.26. The Labute approximate surface area is 97.5 Å². The first kappa shape index (κ1) is 11.8. The van der Waals surface area contributed by atoms with Crippen molar-refractivity contribution in [2.45, 2.75) is 12.6 Å². The van der Waals surface area contributed by atoms with Gasteiger partial charge in [-0.25, -0.2) is 4.39 Å². The molecule has 2 N–H and O–H groups in total. The van der Waals surface area contributed by atoms with Crippen LogP contribution in [0.25, 0.3) is 0 Å². The molecule has 0 spiro atoms. The van der Waals surface area contributed by atoms with Crippen molar-refractivity contribution in [2.24, 2.45) is 11.7 Å². The van der Waals surface area contributed by atoms with Gasteiger partial charge in [0, 0.05) is 26.2 Å². The molecule has 0 aromatic rings. The van der Waals surface area contributed by atoms with E-state index in [1.54, 1.807) is 0 Å². The Hall–Kier alpha value is -1.66. The maximum Gasteiger partial charge on any atom is 0.311 e. The van der Waals surface area contributed by atoms with Gasteiger partial charge < -0.3 is 15.5 Å². The van der Waals surface area contributed by atoms with Crippen molar-refractivity contribution in [3.63, 3.8) is 0 Å². The summed E-state index contributed by atoms with van der Waals surface area (Å²) >= 11 is 0. The van der Waals surface area contributed by atoms with Gasteiger partial charge in [0.25, 0.3) is 0 Å². The van der Waals surface area contributed by atoms with Crippen molar-refractivity contribution >= 4 is 17.7 Å². The molecule has 1 heterocycles. The van der Waals surface area contributed by atoms with Gasteiger partial charge in [-0.1, -0.05) is 0 Å². The molecule has 1 saturated heterocycles. The minimum absolute atomic E-state index is 0.191. The molecule has 2 rings (SSSR count). The molecule has 1 aliphatic heterocycles. The molecule has 2 fully saturated rings. The standard InChI is InChI=1S/C10H14FN3O3/c11-7-5-6(7)9(16)13-1-3-14(4-2-13)10(17)8(12)15/h6-7H,1-5H2,(H2,12,15)/t6-,7-/m0/s1. The molecule has 2 atom stereocenters. The smallest absolute Gasteiger partial charge is 0.311 e. The molecule has 3 amide bonds. The molecule has 1 aliphatic carbocycles. The van der Waals surface area contributed by atoms with Crippen LogP contribution in [0.4, 0.5) is 4.39 Å². The number of hydrogen-bond acceptors (Lipinski definition) is 3. The van der Waals surface area contributed by atoms with Gasteiger partial charge in [0.2, 0.25) is 5.91 Å². The van der Waals surface area contributed by atoms with Crippen LogP contribution in [0.5, 0.6) is 0 Å². The highest BCUT2D eigenvalue weighted by atomic mass is 19.1. The van der Waals surface area contributed by atoms with Crippen molar-refractivity contribution in [1.29, 1.82) is 0 Å². The first-order valence-electron chi connectivity index (χ1n) is 5.52. The van der Waals surface area contributed by atoms with Crippen LogP contribution in [-0.2, 0) is 14.4 Å². The highest BCUT2D eigenvalue weighted by molar-refractivity contribution is 6.34. The minimum atomic E-state index is -1.01. The van der Waals surface area contributed by atoms with Gasteiger partial charge in [0.05, 0.1) is 5.92 Å². The lowest BCUT2D eigenvalue weighted by atomic mass is 10.2. The minimum Gasteiger partial charge on any atom is -0.361 e. The average Bonchev–Trinajstić information content (AvgIpc) is 3.04. The van der Waals surface area contributed by atoms with Crippen molar-refractivity contribution in [3.8, 4) is 0 Å². The maximum absolute atomic E-state index is 12.7. The fourth-order valence-corrected chi connectivity index (χ4v) is 1.94. The first-order chi connectivity index (χ1) is 8.00. The summed E-state index contributed by atoms with van der Waals surface area (Å²) in [7, 11) is 0. The number of amides is 3. The monoisotopic (exact) mass is 243 g/mol. The van der Waals surface area contributed by atoms with E-state index in [4.69, 9.17) is 5.73 Å². The van der Waals surface area contributed by atoms with E-state index in [9.17, 15) is 18.8 Å². The fourth-order valence-electron chi connectivity index (χ4n) is 1.94. The predicted molar refractivity (Wildman–Crippen MR) is 55.4 cm³/mol. The molecule has 6 nitrogen and oxygen atoms in total. The molecular formula is C10H14FN3O3. The van der Waals surface area contributed by atoms with Gasteiger partial charge in [0.1, 0.15) is 6.17 Å². The number of primary amides is 1. The summed E-state index contributed by atoms with van der Waals surface area (Å²) in [5.74, 6) is -2.40. The summed E-state index contributed by atoms with van der Waals surface area (Å²) < 4.78 is 12.7. The van der Waals surface area contributed by atoms with Gasteiger partial charge >= 0.3 is 11.8 Å². The Balaban J connectivity index is 1.84. The predicted octanol–water partition coefficient (Wildman–Crippen LogP) is -1.50. The van der Waals surface area contributed by atoms with Crippen molar-refractivity contribution in [1.82, 2.24) is 9.80 Å². The van der Waals surface area contributed by atoms with Crippen LogP contribution >= 0.6 is 0 Å². The second kappa shape index (κ2) is 4.31. The third-order valence-electron chi connectivity index (χ3n) is 3.12. The van der Waals surface area contributed by atoms with E-state index in [1.165, 1.54) is 9.80 Å². The Morgan fingerprint density at radius 3 is 1.94 bits per heavy atom. The molecule has 0 unspecified atom stereocenters. The third-order valence-corrected chi connectivity index (χ3v) is 3.12. The number of carbonyl (C=O) groups is 3. The van der Waals surface area contributed by atoms with E-state index >= 15 is 0 Å². The molecule has 1 saturated carbocycles. The molecule has 0 bridgehead atoms. The summed E-state index contributed by atoms with van der Waals surface area (Å²) in [4.78, 5) is 36.5. The number of piperazine rings is 1. The summed E-state index contributed by atoms with van der Waals surface area (Å²) in [6.45, 7) is 1.22. The van der Waals surface area contributed by atoms with Crippen LogP contribution in [-0.4, -0.2) is 59.9 Å². The highest BCUT2D eigenvalue weighted by Gasteiger charge is 2.46. The Bertz CT molecular complexity index is 366. The highest BCUT2D eigenvalue weighted by Crippen LogP contribution is 2.35. The number of hydrogen-bond donors (Lipinski definition) is 1. The van der Waals surface area contributed by atoms with E-state index in [2.05, 4.69) is 0 Å². The Kier molecular flexibility index (Phi) is 2.99. The number of rotatable bonds is 1. The molecule has 94 valence electrons. The van der Waals surface area contributed by atoms with Crippen molar-refractivity contribution in [3.05, 3.63) is 0 Å². The second-order valence-corrected chi connectivity index (χ2v) is 4.34. The molecule has 7 heteroatoms. The van der Waals surface area contributed by atoms with Crippen molar-refractivity contribution in [2.75, 3.05) is 26.2 Å². The fraction of sp³-hybridized carbons (Fsp3) is 0.700. The van der Waals surface area contributed by atoms with E-state index in [0.29, 0.717) is 19.5 Å². The lowest BCUT2D eigenvalue weighted by Gasteiger charge is -2.34. The molecule has 17 heavy (non-hydrogen) atoms. The normalized spacial score (nSPS) is 27.8. The lowest BCUT2D eigenvalue weighted by Crippen LogP contribution is -2.53.